The molecule has 0 aromatic heterocycles. The van der Waals surface area contributed by atoms with Crippen molar-refractivity contribution in [2.24, 2.45) is 5.41 Å². The van der Waals surface area contributed by atoms with E-state index in [-0.39, 0.29) is 0 Å². The second kappa shape index (κ2) is 4.83. The second-order valence-electron chi connectivity index (χ2n) is 6.16. The Labute approximate surface area is 110 Å². The van der Waals surface area contributed by atoms with Crippen LogP contribution in [0.5, 0.6) is 5.75 Å². The molecule has 2 aliphatic rings. The smallest absolute Gasteiger partial charge is 0.121 e. The fraction of sp³-hybridized carbons (Fsp3) is 0.625. The van der Waals surface area contributed by atoms with Crippen molar-refractivity contribution < 1.29 is 4.74 Å². The Hall–Kier alpha value is -1.18. The van der Waals surface area contributed by atoms with Gasteiger partial charge in [-0.25, -0.2) is 0 Å². The molecule has 2 heteroatoms. The third kappa shape index (κ3) is 2.47. The number of ether oxygens (including phenoxy) is 1. The van der Waals surface area contributed by atoms with Gasteiger partial charge in [-0.15, -0.1) is 0 Å². The Balaban J connectivity index is 1.66. The van der Waals surface area contributed by atoms with Gasteiger partial charge in [0, 0.05) is 23.7 Å². The van der Waals surface area contributed by atoms with Crippen LogP contribution in [0.3, 0.4) is 0 Å². The molecule has 0 radical (unpaired) electrons. The van der Waals surface area contributed by atoms with Crippen molar-refractivity contribution in [1.82, 2.24) is 0 Å². The number of hydrogen-bond donors (Lipinski definition) is 1. The molecular weight excluding hydrogens is 222 g/mol. The first-order chi connectivity index (χ1) is 8.75. The lowest BCUT2D eigenvalue weighted by molar-refractivity contribution is 0.168. The van der Waals surface area contributed by atoms with Crippen LogP contribution in [0, 0.1) is 5.41 Å². The number of benzene rings is 1. The van der Waals surface area contributed by atoms with Crippen LogP contribution in [0.4, 0.5) is 5.69 Å². The number of hydrogen-bond acceptors (Lipinski definition) is 2. The zero-order valence-electron chi connectivity index (χ0n) is 11.3. The summed E-state index contributed by atoms with van der Waals surface area (Å²) in [6.45, 7) is 4.32. The van der Waals surface area contributed by atoms with Crippen molar-refractivity contribution in [3.05, 3.63) is 23.8 Å². The molecule has 0 spiro atoms. The largest absolute Gasteiger partial charge is 0.493 e. The Morgan fingerprint density at radius 3 is 2.89 bits per heavy atom. The van der Waals surface area contributed by atoms with Crippen LogP contribution in [0.15, 0.2) is 18.2 Å². The molecule has 0 atom stereocenters. The predicted molar refractivity (Wildman–Crippen MR) is 75.3 cm³/mol. The highest BCUT2D eigenvalue weighted by atomic mass is 16.5. The van der Waals surface area contributed by atoms with Crippen LogP contribution in [0.25, 0.3) is 0 Å². The molecular formula is C16H23NO. The molecule has 1 heterocycles. The van der Waals surface area contributed by atoms with E-state index in [0.29, 0.717) is 5.41 Å². The van der Waals surface area contributed by atoms with Gasteiger partial charge in [-0.2, -0.15) is 0 Å². The third-order valence-electron chi connectivity index (χ3n) is 4.42. The molecule has 0 unspecified atom stereocenters. The lowest BCUT2D eigenvalue weighted by Crippen LogP contribution is -2.21. The quantitative estimate of drug-likeness (QED) is 0.869. The van der Waals surface area contributed by atoms with E-state index >= 15 is 0 Å². The van der Waals surface area contributed by atoms with Crippen LogP contribution in [0.2, 0.25) is 0 Å². The highest BCUT2D eigenvalue weighted by Gasteiger charge is 2.29. The number of aryl methyl sites for hydroxylation is 1. The molecule has 98 valence electrons. The van der Waals surface area contributed by atoms with Gasteiger partial charge in [-0.1, -0.05) is 25.8 Å². The minimum absolute atomic E-state index is 0.406. The minimum atomic E-state index is 0.406. The Morgan fingerprint density at radius 2 is 2.06 bits per heavy atom. The monoisotopic (exact) mass is 245 g/mol. The zero-order chi connectivity index (χ0) is 12.4. The zero-order valence-corrected chi connectivity index (χ0v) is 11.3. The molecule has 2 nitrogen and oxygen atoms in total. The summed E-state index contributed by atoms with van der Waals surface area (Å²) in [4.78, 5) is 0. The second-order valence-corrected chi connectivity index (χ2v) is 6.16. The number of rotatable bonds is 3. The Kier molecular flexibility index (Phi) is 3.19. The van der Waals surface area contributed by atoms with E-state index in [0.717, 1.165) is 18.9 Å². The van der Waals surface area contributed by atoms with Gasteiger partial charge < -0.3 is 10.1 Å². The van der Waals surface area contributed by atoms with Crippen LogP contribution in [-0.2, 0) is 6.42 Å². The van der Waals surface area contributed by atoms with E-state index in [9.17, 15) is 0 Å². The lowest BCUT2D eigenvalue weighted by Gasteiger charge is -2.24. The highest BCUT2D eigenvalue weighted by molar-refractivity contribution is 5.56. The standard InChI is InChI=1S/C16H23NO/c1-16(8-2-3-9-16)12-18-14-7-6-13-5-4-10-17-15(13)11-14/h6-7,11,17H,2-5,8-10,12H2,1H3. The maximum absolute atomic E-state index is 6.02. The lowest BCUT2D eigenvalue weighted by atomic mass is 9.90. The number of fused-ring (bicyclic) bond motifs is 1. The van der Waals surface area contributed by atoms with Gasteiger partial charge in [0.2, 0.25) is 0 Å². The van der Waals surface area contributed by atoms with Crippen LogP contribution in [-0.4, -0.2) is 13.2 Å². The van der Waals surface area contributed by atoms with Gasteiger partial charge in [0.15, 0.2) is 0 Å². The van der Waals surface area contributed by atoms with E-state index in [1.807, 2.05) is 0 Å². The Morgan fingerprint density at radius 1 is 1.22 bits per heavy atom. The maximum Gasteiger partial charge on any atom is 0.121 e. The number of anilines is 1. The highest BCUT2D eigenvalue weighted by Crippen LogP contribution is 2.38. The van der Waals surface area contributed by atoms with Gasteiger partial charge >= 0.3 is 0 Å². The topological polar surface area (TPSA) is 21.3 Å². The third-order valence-corrected chi connectivity index (χ3v) is 4.42. The molecule has 1 saturated carbocycles. The van der Waals surface area contributed by atoms with E-state index in [1.165, 1.54) is 49.8 Å². The maximum atomic E-state index is 6.02. The average Bonchev–Trinajstić information content (AvgIpc) is 2.84. The van der Waals surface area contributed by atoms with Gasteiger partial charge in [-0.3, -0.25) is 0 Å². The summed E-state index contributed by atoms with van der Waals surface area (Å²) in [6, 6.07) is 6.52. The number of nitrogens with one attached hydrogen (secondary N) is 1. The minimum Gasteiger partial charge on any atom is -0.493 e. The molecule has 1 aromatic rings. The first-order valence-electron chi connectivity index (χ1n) is 7.25. The van der Waals surface area contributed by atoms with Crippen molar-refractivity contribution in [2.75, 3.05) is 18.5 Å². The molecule has 0 bridgehead atoms. The fourth-order valence-electron chi connectivity index (χ4n) is 3.16. The van der Waals surface area contributed by atoms with Crippen molar-refractivity contribution in [3.8, 4) is 5.75 Å². The van der Waals surface area contributed by atoms with Crippen LogP contribution in [0.1, 0.15) is 44.6 Å². The van der Waals surface area contributed by atoms with E-state index in [1.54, 1.807) is 0 Å². The molecule has 1 aliphatic heterocycles. The van der Waals surface area contributed by atoms with Crippen molar-refractivity contribution in [2.45, 2.75) is 45.4 Å². The van der Waals surface area contributed by atoms with Gasteiger partial charge in [-0.05, 0) is 37.3 Å². The summed E-state index contributed by atoms with van der Waals surface area (Å²) in [5, 5.41) is 3.46. The Bertz CT molecular complexity index is 421. The van der Waals surface area contributed by atoms with Crippen molar-refractivity contribution in [3.63, 3.8) is 0 Å². The predicted octanol–water partition coefficient (Wildman–Crippen LogP) is 4.00. The van der Waals surface area contributed by atoms with Crippen molar-refractivity contribution in [1.29, 1.82) is 0 Å². The van der Waals surface area contributed by atoms with Crippen LogP contribution >= 0.6 is 0 Å². The van der Waals surface area contributed by atoms with Crippen molar-refractivity contribution >= 4 is 5.69 Å². The van der Waals surface area contributed by atoms with E-state index in [2.05, 4.69) is 30.4 Å². The molecule has 0 saturated heterocycles. The molecule has 1 aliphatic carbocycles. The van der Waals surface area contributed by atoms with E-state index in [4.69, 9.17) is 4.74 Å². The van der Waals surface area contributed by atoms with E-state index < -0.39 is 0 Å². The summed E-state index contributed by atoms with van der Waals surface area (Å²) in [7, 11) is 0. The van der Waals surface area contributed by atoms with Crippen LogP contribution < -0.4 is 10.1 Å². The van der Waals surface area contributed by atoms with Gasteiger partial charge in [0.05, 0.1) is 6.61 Å². The summed E-state index contributed by atoms with van der Waals surface area (Å²) in [5.74, 6) is 1.02. The summed E-state index contributed by atoms with van der Waals surface area (Å²) in [5.41, 5.74) is 3.11. The summed E-state index contributed by atoms with van der Waals surface area (Å²) in [6.07, 6.45) is 7.80. The normalized spacial score (nSPS) is 21.2. The summed E-state index contributed by atoms with van der Waals surface area (Å²) >= 11 is 0. The first kappa shape index (κ1) is 11.9. The van der Waals surface area contributed by atoms with Gasteiger partial charge in [0.25, 0.3) is 0 Å². The molecule has 0 amide bonds. The molecule has 1 N–H and O–H groups in total. The molecule has 18 heavy (non-hydrogen) atoms. The SMILES string of the molecule is CC1(COc2ccc3c(c2)NCCC3)CCCC1. The first-order valence-corrected chi connectivity index (χ1v) is 7.25. The fourth-order valence-corrected chi connectivity index (χ4v) is 3.16. The molecule has 3 rings (SSSR count). The van der Waals surface area contributed by atoms with Gasteiger partial charge in [0.1, 0.15) is 5.75 Å². The molecule has 1 fully saturated rings. The summed E-state index contributed by atoms with van der Waals surface area (Å²) < 4.78 is 6.02. The molecule has 1 aromatic carbocycles. The average molecular weight is 245 g/mol.